The summed E-state index contributed by atoms with van der Waals surface area (Å²) in [4.78, 5) is 27.3. The standard InChI is InChI=1S/C24H35N7O/c1-5-30-12-14-31(15-13-30)22-11-8-20(17-26-22)18-28-24(25-2)27-16-19-6-9-21(10-7-19)23(32)29(3)4/h6-11,17H,5,12-16,18H2,1-4H3,(H2,25,27,28). The number of piperazine rings is 1. The lowest BCUT2D eigenvalue weighted by Gasteiger charge is -2.34. The van der Waals surface area contributed by atoms with Crippen molar-refractivity contribution in [2.45, 2.75) is 20.0 Å². The SMILES string of the molecule is CCN1CCN(c2ccc(CNC(=NC)NCc3ccc(C(=O)N(C)C)cc3)cn2)CC1. The number of anilines is 1. The first-order chi connectivity index (χ1) is 15.5. The Balaban J connectivity index is 1.45. The lowest BCUT2D eigenvalue weighted by atomic mass is 10.1. The van der Waals surface area contributed by atoms with E-state index in [0.29, 0.717) is 18.7 Å². The van der Waals surface area contributed by atoms with Crippen LogP contribution in [0.4, 0.5) is 5.82 Å². The number of nitrogens with one attached hydrogen (secondary N) is 2. The fraction of sp³-hybridized carbons (Fsp3) is 0.458. The van der Waals surface area contributed by atoms with E-state index in [4.69, 9.17) is 0 Å². The van der Waals surface area contributed by atoms with Crippen molar-refractivity contribution < 1.29 is 4.79 Å². The van der Waals surface area contributed by atoms with Gasteiger partial charge in [0, 0.05) is 72.2 Å². The quantitative estimate of drug-likeness (QED) is 0.508. The Kier molecular flexibility index (Phi) is 8.44. The molecular weight excluding hydrogens is 402 g/mol. The van der Waals surface area contributed by atoms with Crippen LogP contribution in [0, 0.1) is 0 Å². The van der Waals surface area contributed by atoms with Gasteiger partial charge in [-0.2, -0.15) is 0 Å². The normalized spacial score (nSPS) is 14.9. The predicted octanol–water partition coefficient (Wildman–Crippen LogP) is 1.79. The van der Waals surface area contributed by atoms with E-state index in [1.54, 1.807) is 26.0 Å². The lowest BCUT2D eigenvalue weighted by Crippen LogP contribution is -2.46. The molecule has 32 heavy (non-hydrogen) atoms. The monoisotopic (exact) mass is 437 g/mol. The van der Waals surface area contributed by atoms with Gasteiger partial charge in [0.25, 0.3) is 5.91 Å². The van der Waals surface area contributed by atoms with Crippen LogP contribution >= 0.6 is 0 Å². The van der Waals surface area contributed by atoms with E-state index in [0.717, 1.165) is 55.6 Å². The van der Waals surface area contributed by atoms with Crippen LogP contribution in [0.1, 0.15) is 28.4 Å². The third-order valence-electron chi connectivity index (χ3n) is 5.70. The van der Waals surface area contributed by atoms with Gasteiger partial charge in [0.05, 0.1) is 0 Å². The number of aromatic nitrogens is 1. The third-order valence-corrected chi connectivity index (χ3v) is 5.70. The topological polar surface area (TPSA) is 76.1 Å². The molecule has 0 atom stereocenters. The molecule has 0 unspecified atom stereocenters. The zero-order chi connectivity index (χ0) is 22.9. The number of carbonyl (C=O) groups is 1. The Morgan fingerprint density at radius 1 is 1.00 bits per heavy atom. The molecule has 1 aromatic carbocycles. The zero-order valence-corrected chi connectivity index (χ0v) is 19.6. The summed E-state index contributed by atoms with van der Waals surface area (Å²) in [5, 5.41) is 6.64. The molecule has 1 aromatic heterocycles. The van der Waals surface area contributed by atoms with Crippen LogP contribution in [0.3, 0.4) is 0 Å². The van der Waals surface area contributed by atoms with E-state index in [1.165, 1.54) is 0 Å². The van der Waals surface area contributed by atoms with Crippen LogP contribution in [-0.4, -0.2) is 80.5 Å². The highest BCUT2D eigenvalue weighted by molar-refractivity contribution is 5.93. The molecule has 1 aliphatic heterocycles. The van der Waals surface area contributed by atoms with Gasteiger partial charge in [-0.3, -0.25) is 9.79 Å². The summed E-state index contributed by atoms with van der Waals surface area (Å²) in [6.07, 6.45) is 1.93. The first-order valence-corrected chi connectivity index (χ1v) is 11.2. The molecular formula is C24H35N7O. The second-order valence-corrected chi connectivity index (χ2v) is 8.12. The number of likely N-dealkylation sites (N-methyl/N-ethyl adjacent to an activating group) is 1. The Morgan fingerprint density at radius 3 is 2.16 bits per heavy atom. The molecule has 8 heteroatoms. The number of aliphatic imine (C=N–C) groups is 1. The van der Waals surface area contributed by atoms with Crippen molar-refractivity contribution in [2.24, 2.45) is 4.99 Å². The number of guanidine groups is 1. The molecule has 0 saturated carbocycles. The van der Waals surface area contributed by atoms with Crippen molar-refractivity contribution in [3.63, 3.8) is 0 Å². The Labute approximate surface area is 191 Å². The molecule has 2 N–H and O–H groups in total. The molecule has 0 radical (unpaired) electrons. The van der Waals surface area contributed by atoms with Crippen molar-refractivity contribution in [1.29, 1.82) is 0 Å². The molecule has 1 aliphatic rings. The van der Waals surface area contributed by atoms with E-state index in [2.05, 4.69) is 49.5 Å². The molecule has 8 nitrogen and oxygen atoms in total. The number of rotatable bonds is 7. The largest absolute Gasteiger partial charge is 0.354 e. The molecule has 3 rings (SSSR count). The maximum Gasteiger partial charge on any atom is 0.253 e. The molecule has 1 saturated heterocycles. The van der Waals surface area contributed by atoms with Crippen LogP contribution in [-0.2, 0) is 13.1 Å². The first-order valence-electron chi connectivity index (χ1n) is 11.2. The lowest BCUT2D eigenvalue weighted by molar-refractivity contribution is 0.0827. The maximum absolute atomic E-state index is 12.0. The summed E-state index contributed by atoms with van der Waals surface area (Å²) in [6.45, 7) is 8.84. The molecule has 172 valence electrons. The Morgan fingerprint density at radius 2 is 1.62 bits per heavy atom. The van der Waals surface area contributed by atoms with Crippen molar-refractivity contribution in [3.8, 4) is 0 Å². The first kappa shape index (κ1) is 23.5. The minimum Gasteiger partial charge on any atom is -0.354 e. The second kappa shape index (κ2) is 11.5. The van der Waals surface area contributed by atoms with E-state index in [1.807, 2.05) is 30.5 Å². The van der Waals surface area contributed by atoms with Gasteiger partial charge in [-0.15, -0.1) is 0 Å². The van der Waals surface area contributed by atoms with E-state index < -0.39 is 0 Å². The van der Waals surface area contributed by atoms with E-state index in [-0.39, 0.29) is 5.91 Å². The van der Waals surface area contributed by atoms with Gasteiger partial charge in [0.1, 0.15) is 5.82 Å². The van der Waals surface area contributed by atoms with Gasteiger partial charge in [-0.05, 0) is 35.9 Å². The van der Waals surface area contributed by atoms with Crippen molar-refractivity contribution in [1.82, 2.24) is 25.4 Å². The molecule has 1 fully saturated rings. The van der Waals surface area contributed by atoms with Gasteiger partial charge in [0.2, 0.25) is 0 Å². The fourth-order valence-corrected chi connectivity index (χ4v) is 3.62. The zero-order valence-electron chi connectivity index (χ0n) is 19.6. The summed E-state index contributed by atoms with van der Waals surface area (Å²) in [5.41, 5.74) is 2.87. The number of benzene rings is 1. The van der Waals surface area contributed by atoms with Gasteiger partial charge < -0.3 is 25.3 Å². The molecule has 0 spiro atoms. The molecule has 1 amide bonds. The van der Waals surface area contributed by atoms with Crippen LogP contribution in [0.5, 0.6) is 0 Å². The van der Waals surface area contributed by atoms with Gasteiger partial charge in [0.15, 0.2) is 5.96 Å². The van der Waals surface area contributed by atoms with E-state index >= 15 is 0 Å². The Hall–Kier alpha value is -3.13. The summed E-state index contributed by atoms with van der Waals surface area (Å²) >= 11 is 0. The molecule has 2 heterocycles. The highest BCUT2D eigenvalue weighted by Crippen LogP contribution is 2.14. The Bertz CT molecular complexity index is 886. The van der Waals surface area contributed by atoms with Crippen molar-refractivity contribution in [2.75, 3.05) is 58.8 Å². The van der Waals surface area contributed by atoms with Crippen molar-refractivity contribution in [3.05, 3.63) is 59.3 Å². The van der Waals surface area contributed by atoms with Crippen molar-refractivity contribution >= 4 is 17.7 Å². The molecule has 2 aromatic rings. The van der Waals surface area contributed by atoms with Crippen LogP contribution < -0.4 is 15.5 Å². The fourth-order valence-electron chi connectivity index (χ4n) is 3.62. The molecule has 0 bridgehead atoms. The minimum absolute atomic E-state index is 0.00447. The summed E-state index contributed by atoms with van der Waals surface area (Å²) < 4.78 is 0. The number of carbonyl (C=O) groups excluding carboxylic acids is 1. The number of hydrogen-bond acceptors (Lipinski definition) is 5. The van der Waals surface area contributed by atoms with Gasteiger partial charge in [-0.1, -0.05) is 25.1 Å². The highest BCUT2D eigenvalue weighted by Gasteiger charge is 2.16. The minimum atomic E-state index is 0.00447. The summed E-state index contributed by atoms with van der Waals surface area (Å²) in [6, 6.07) is 11.8. The number of pyridine rings is 1. The number of nitrogens with zero attached hydrogens (tertiary/aromatic N) is 5. The number of amides is 1. The van der Waals surface area contributed by atoms with Crippen LogP contribution in [0.25, 0.3) is 0 Å². The second-order valence-electron chi connectivity index (χ2n) is 8.12. The number of hydrogen-bond donors (Lipinski definition) is 2. The van der Waals surface area contributed by atoms with Gasteiger partial charge >= 0.3 is 0 Å². The average Bonchev–Trinajstić information content (AvgIpc) is 2.84. The van der Waals surface area contributed by atoms with E-state index in [9.17, 15) is 4.79 Å². The van der Waals surface area contributed by atoms with Crippen LogP contribution in [0.15, 0.2) is 47.6 Å². The van der Waals surface area contributed by atoms with Crippen LogP contribution in [0.2, 0.25) is 0 Å². The van der Waals surface area contributed by atoms with Gasteiger partial charge in [-0.25, -0.2) is 4.98 Å². The smallest absolute Gasteiger partial charge is 0.253 e. The third kappa shape index (κ3) is 6.43. The summed E-state index contributed by atoms with van der Waals surface area (Å²) in [7, 11) is 5.26. The summed E-state index contributed by atoms with van der Waals surface area (Å²) in [5.74, 6) is 1.77. The predicted molar refractivity (Wildman–Crippen MR) is 130 cm³/mol. The maximum atomic E-state index is 12.0. The molecule has 0 aliphatic carbocycles. The average molecular weight is 438 g/mol. The highest BCUT2D eigenvalue weighted by atomic mass is 16.2.